The average molecular weight is 124 g/mol. The van der Waals surface area contributed by atoms with E-state index in [1.807, 2.05) is 0 Å². The lowest BCUT2D eigenvalue weighted by Crippen LogP contribution is -2.24. The predicted octanol–water partition coefficient (Wildman–Crippen LogP) is 0.726. The SMILES string of the molecule is NNCC1=CCCC=C1. The number of rotatable bonds is 2. The maximum atomic E-state index is 5.13. The highest BCUT2D eigenvalue weighted by Crippen LogP contribution is 2.07. The molecule has 1 rings (SSSR count). The van der Waals surface area contributed by atoms with Gasteiger partial charge in [-0.3, -0.25) is 11.3 Å². The third-order valence-electron chi connectivity index (χ3n) is 1.38. The Kier molecular flexibility index (Phi) is 2.48. The van der Waals surface area contributed by atoms with Crippen LogP contribution in [0.5, 0.6) is 0 Å². The summed E-state index contributed by atoms with van der Waals surface area (Å²) in [7, 11) is 0. The zero-order valence-corrected chi connectivity index (χ0v) is 5.43. The first-order chi connectivity index (χ1) is 4.43. The van der Waals surface area contributed by atoms with Crippen LogP contribution in [0, 0.1) is 0 Å². The summed E-state index contributed by atoms with van der Waals surface area (Å²) in [6.07, 6.45) is 8.83. The first-order valence-electron chi connectivity index (χ1n) is 3.22. The van der Waals surface area contributed by atoms with E-state index in [1.54, 1.807) is 0 Å². The van der Waals surface area contributed by atoms with Gasteiger partial charge in [0.2, 0.25) is 0 Å². The van der Waals surface area contributed by atoms with Crippen molar-refractivity contribution in [3.63, 3.8) is 0 Å². The van der Waals surface area contributed by atoms with Crippen molar-refractivity contribution in [2.45, 2.75) is 12.8 Å². The quantitative estimate of drug-likeness (QED) is 0.420. The van der Waals surface area contributed by atoms with Crippen LogP contribution in [0.2, 0.25) is 0 Å². The number of nitrogens with one attached hydrogen (secondary N) is 1. The molecule has 0 aromatic heterocycles. The van der Waals surface area contributed by atoms with Crippen molar-refractivity contribution in [2.24, 2.45) is 5.84 Å². The zero-order chi connectivity index (χ0) is 6.53. The Morgan fingerprint density at radius 3 is 3.00 bits per heavy atom. The van der Waals surface area contributed by atoms with Crippen LogP contribution in [-0.2, 0) is 0 Å². The molecule has 3 N–H and O–H groups in total. The van der Waals surface area contributed by atoms with Gasteiger partial charge in [0.05, 0.1) is 0 Å². The molecule has 0 aliphatic heterocycles. The van der Waals surface area contributed by atoms with Crippen molar-refractivity contribution >= 4 is 0 Å². The number of hydrogen-bond acceptors (Lipinski definition) is 2. The highest BCUT2D eigenvalue weighted by atomic mass is 15.2. The molecule has 0 saturated carbocycles. The van der Waals surface area contributed by atoms with Crippen LogP contribution in [0.4, 0.5) is 0 Å². The molecule has 0 spiro atoms. The lowest BCUT2D eigenvalue weighted by molar-refractivity contribution is 0.797. The van der Waals surface area contributed by atoms with Crippen molar-refractivity contribution in [1.82, 2.24) is 5.43 Å². The van der Waals surface area contributed by atoms with Gasteiger partial charge < -0.3 is 0 Å². The van der Waals surface area contributed by atoms with E-state index in [2.05, 4.69) is 23.7 Å². The van der Waals surface area contributed by atoms with Crippen LogP contribution in [0.15, 0.2) is 23.8 Å². The van der Waals surface area contributed by atoms with E-state index >= 15 is 0 Å². The Hall–Kier alpha value is -0.600. The van der Waals surface area contributed by atoms with E-state index in [0.717, 1.165) is 13.0 Å². The first kappa shape index (κ1) is 6.52. The fourth-order valence-corrected chi connectivity index (χ4v) is 0.917. The number of hydrazine groups is 1. The Bertz CT molecular complexity index is 136. The average Bonchev–Trinajstić information content (AvgIpc) is 1.91. The highest BCUT2D eigenvalue weighted by molar-refractivity contribution is 5.23. The van der Waals surface area contributed by atoms with Gasteiger partial charge in [0.15, 0.2) is 0 Å². The van der Waals surface area contributed by atoms with E-state index in [-0.39, 0.29) is 0 Å². The van der Waals surface area contributed by atoms with Crippen LogP contribution in [-0.4, -0.2) is 6.54 Å². The van der Waals surface area contributed by atoms with Crippen LogP contribution in [0.3, 0.4) is 0 Å². The third-order valence-corrected chi connectivity index (χ3v) is 1.38. The molecule has 0 saturated heterocycles. The zero-order valence-electron chi connectivity index (χ0n) is 5.43. The summed E-state index contributed by atoms with van der Waals surface area (Å²) in [6, 6.07) is 0. The largest absolute Gasteiger partial charge is 0.271 e. The fraction of sp³-hybridized carbons (Fsp3) is 0.429. The van der Waals surface area contributed by atoms with Crippen LogP contribution < -0.4 is 11.3 Å². The molecule has 0 heterocycles. The normalized spacial score (nSPS) is 17.7. The Labute approximate surface area is 55.4 Å². The van der Waals surface area contributed by atoms with Gasteiger partial charge in [0, 0.05) is 6.54 Å². The standard InChI is InChI=1S/C7H12N2/c8-9-6-7-4-2-1-3-5-7/h2,4-5,9H,1,3,6,8H2. The van der Waals surface area contributed by atoms with Crippen molar-refractivity contribution in [1.29, 1.82) is 0 Å². The molecule has 1 aliphatic rings. The second-order valence-corrected chi connectivity index (χ2v) is 2.14. The van der Waals surface area contributed by atoms with Gasteiger partial charge in [0.1, 0.15) is 0 Å². The summed E-state index contributed by atoms with van der Waals surface area (Å²) >= 11 is 0. The van der Waals surface area contributed by atoms with Gasteiger partial charge >= 0.3 is 0 Å². The minimum absolute atomic E-state index is 0.788. The van der Waals surface area contributed by atoms with Crippen molar-refractivity contribution in [3.05, 3.63) is 23.8 Å². The second-order valence-electron chi connectivity index (χ2n) is 2.14. The molecule has 0 unspecified atom stereocenters. The molecular weight excluding hydrogens is 112 g/mol. The van der Waals surface area contributed by atoms with Crippen LogP contribution in [0.1, 0.15) is 12.8 Å². The van der Waals surface area contributed by atoms with Crippen LogP contribution >= 0.6 is 0 Å². The van der Waals surface area contributed by atoms with Gasteiger partial charge in [-0.15, -0.1) is 0 Å². The van der Waals surface area contributed by atoms with Gasteiger partial charge in [-0.25, -0.2) is 0 Å². The predicted molar refractivity (Wildman–Crippen MR) is 38.6 cm³/mol. The van der Waals surface area contributed by atoms with Crippen LogP contribution in [0.25, 0.3) is 0 Å². The van der Waals surface area contributed by atoms with E-state index in [0.29, 0.717) is 0 Å². The lowest BCUT2D eigenvalue weighted by Gasteiger charge is -2.04. The van der Waals surface area contributed by atoms with E-state index < -0.39 is 0 Å². The number of allylic oxidation sites excluding steroid dienone is 2. The van der Waals surface area contributed by atoms with E-state index in [1.165, 1.54) is 12.0 Å². The molecular formula is C7H12N2. The molecule has 1 aliphatic carbocycles. The molecule has 0 atom stereocenters. The van der Waals surface area contributed by atoms with Gasteiger partial charge in [-0.1, -0.05) is 18.2 Å². The lowest BCUT2D eigenvalue weighted by atomic mass is 10.1. The summed E-state index contributed by atoms with van der Waals surface area (Å²) in [5, 5.41) is 0. The smallest absolute Gasteiger partial charge is 0.0345 e. The molecule has 2 heteroatoms. The molecule has 2 nitrogen and oxygen atoms in total. The fourth-order valence-electron chi connectivity index (χ4n) is 0.917. The topological polar surface area (TPSA) is 38.0 Å². The molecule has 0 fully saturated rings. The molecule has 0 amide bonds. The van der Waals surface area contributed by atoms with Crippen molar-refractivity contribution < 1.29 is 0 Å². The van der Waals surface area contributed by atoms with Crippen molar-refractivity contribution in [3.8, 4) is 0 Å². The minimum atomic E-state index is 0.788. The second kappa shape index (κ2) is 3.43. The number of hydrogen-bond donors (Lipinski definition) is 2. The van der Waals surface area contributed by atoms with Gasteiger partial charge in [0.25, 0.3) is 0 Å². The summed E-state index contributed by atoms with van der Waals surface area (Å²) in [5.41, 5.74) is 3.91. The van der Waals surface area contributed by atoms with E-state index in [9.17, 15) is 0 Å². The molecule has 50 valence electrons. The minimum Gasteiger partial charge on any atom is -0.271 e. The number of nitrogens with two attached hydrogens (primary N) is 1. The summed E-state index contributed by atoms with van der Waals surface area (Å²) in [5.74, 6) is 5.13. The Morgan fingerprint density at radius 2 is 2.44 bits per heavy atom. The highest BCUT2D eigenvalue weighted by Gasteiger charge is 1.93. The summed E-state index contributed by atoms with van der Waals surface area (Å²) in [4.78, 5) is 0. The monoisotopic (exact) mass is 124 g/mol. The molecule has 9 heavy (non-hydrogen) atoms. The molecule has 0 aromatic carbocycles. The third kappa shape index (κ3) is 2.00. The summed E-state index contributed by atoms with van der Waals surface area (Å²) in [6.45, 7) is 0.788. The molecule has 0 radical (unpaired) electrons. The first-order valence-corrected chi connectivity index (χ1v) is 3.22. The maximum Gasteiger partial charge on any atom is 0.0345 e. The molecule has 0 bridgehead atoms. The Morgan fingerprint density at radius 1 is 1.56 bits per heavy atom. The summed E-state index contributed by atoms with van der Waals surface area (Å²) < 4.78 is 0. The van der Waals surface area contributed by atoms with E-state index in [4.69, 9.17) is 5.84 Å². The van der Waals surface area contributed by atoms with Gasteiger partial charge in [-0.05, 0) is 18.4 Å². The van der Waals surface area contributed by atoms with Crippen molar-refractivity contribution in [2.75, 3.05) is 6.54 Å². The maximum absolute atomic E-state index is 5.13. The van der Waals surface area contributed by atoms with Gasteiger partial charge in [-0.2, -0.15) is 0 Å². The molecule has 0 aromatic rings. The Balaban J connectivity index is 2.38.